The Labute approximate surface area is 192 Å². The van der Waals surface area contributed by atoms with Crippen LogP contribution in [-0.4, -0.2) is 20.7 Å². The van der Waals surface area contributed by atoms with Crippen molar-refractivity contribution >= 4 is 23.5 Å². The number of anilines is 3. The van der Waals surface area contributed by atoms with Crippen molar-refractivity contribution in [2.45, 2.75) is 26.1 Å². The minimum absolute atomic E-state index is 0.0582. The number of carbonyl (C=O) groups is 1. The minimum atomic E-state index is -4.56. The molecule has 2 heterocycles. The Morgan fingerprint density at radius 2 is 1.94 bits per heavy atom. The van der Waals surface area contributed by atoms with Crippen molar-refractivity contribution < 1.29 is 18.0 Å². The van der Waals surface area contributed by atoms with Crippen LogP contribution in [0.15, 0.2) is 59.9 Å². The molecule has 1 aromatic heterocycles. The highest BCUT2D eigenvalue weighted by Gasteiger charge is 2.37. The number of rotatable bonds is 3. The summed E-state index contributed by atoms with van der Waals surface area (Å²) in [6, 6.07) is 12.4. The first-order valence-electron chi connectivity index (χ1n) is 9.94. The van der Waals surface area contributed by atoms with E-state index >= 15 is 0 Å². The maximum atomic E-state index is 13.4. The fraction of sp³-hybridized carbons (Fsp3) is 0.174. The number of amides is 1. The summed E-state index contributed by atoms with van der Waals surface area (Å²) in [5.41, 5.74) is 0.882. The molecule has 4 rings (SSSR count). The normalized spacial score (nSPS) is 15.4. The van der Waals surface area contributed by atoms with E-state index in [2.05, 4.69) is 20.2 Å². The maximum absolute atomic E-state index is 13.4. The molecule has 34 heavy (non-hydrogen) atoms. The van der Waals surface area contributed by atoms with Crippen molar-refractivity contribution in [2.24, 2.45) is 0 Å². The molecule has 3 aromatic rings. The number of hydrogen-bond donors (Lipinski definition) is 1. The van der Waals surface area contributed by atoms with E-state index in [0.717, 1.165) is 12.1 Å². The van der Waals surface area contributed by atoms with Crippen molar-refractivity contribution in [1.29, 1.82) is 5.26 Å². The van der Waals surface area contributed by atoms with Crippen molar-refractivity contribution in [2.75, 3.05) is 10.2 Å². The van der Waals surface area contributed by atoms with E-state index in [-0.39, 0.29) is 23.3 Å². The summed E-state index contributed by atoms with van der Waals surface area (Å²) < 4.78 is 41.5. The fourth-order valence-electron chi connectivity index (χ4n) is 3.74. The number of halogens is 3. The third kappa shape index (κ3) is 3.95. The number of aromatic nitrogens is 3. The number of alkyl halides is 3. The summed E-state index contributed by atoms with van der Waals surface area (Å²) in [7, 11) is 0. The van der Waals surface area contributed by atoms with Crippen LogP contribution in [0.4, 0.5) is 30.8 Å². The number of benzene rings is 2. The number of carbonyl (C=O) groups excluding carboxylic acids is 1. The molecule has 0 unspecified atom stereocenters. The van der Waals surface area contributed by atoms with Crippen LogP contribution < -0.4 is 10.2 Å². The Hall–Kier alpha value is -4.64. The summed E-state index contributed by atoms with van der Waals surface area (Å²) in [5.74, 6) is -0.363. The van der Waals surface area contributed by atoms with Crippen LogP contribution in [0.3, 0.4) is 0 Å². The Bertz CT molecular complexity index is 1390. The van der Waals surface area contributed by atoms with Gasteiger partial charge in [-0.05, 0) is 42.8 Å². The Kier molecular flexibility index (Phi) is 5.55. The van der Waals surface area contributed by atoms with E-state index < -0.39 is 23.7 Å². The highest BCUT2D eigenvalue weighted by molar-refractivity contribution is 5.87. The average molecular weight is 463 g/mol. The average Bonchev–Trinajstić information content (AvgIpc) is 3.19. The predicted octanol–water partition coefficient (Wildman–Crippen LogP) is 5.02. The predicted molar refractivity (Wildman–Crippen MR) is 117 cm³/mol. The molecule has 2 aromatic carbocycles. The summed E-state index contributed by atoms with van der Waals surface area (Å²) in [6.07, 6.45) is -4.56. The highest BCUT2D eigenvalue weighted by atomic mass is 19.4. The van der Waals surface area contributed by atoms with E-state index in [0.29, 0.717) is 16.8 Å². The Morgan fingerprint density at radius 3 is 2.53 bits per heavy atom. The lowest BCUT2D eigenvalue weighted by atomic mass is 9.99. The molecule has 0 radical (unpaired) electrons. The topological polar surface area (TPSA) is 91.2 Å². The molecule has 11 heteroatoms. The lowest BCUT2D eigenvalue weighted by Crippen LogP contribution is -2.30. The summed E-state index contributed by atoms with van der Waals surface area (Å²) in [6.45, 7) is 10.7. The van der Waals surface area contributed by atoms with Gasteiger partial charge in [0.15, 0.2) is 0 Å². The van der Waals surface area contributed by atoms with E-state index in [1.54, 1.807) is 31.2 Å². The minimum Gasteiger partial charge on any atom is -0.294 e. The van der Waals surface area contributed by atoms with Gasteiger partial charge in [0.2, 0.25) is 17.6 Å². The van der Waals surface area contributed by atoms with Gasteiger partial charge in [-0.2, -0.15) is 23.4 Å². The van der Waals surface area contributed by atoms with Crippen LogP contribution >= 0.6 is 0 Å². The number of nitrogens with zero attached hydrogens (tertiary/aromatic N) is 6. The molecule has 1 aliphatic rings. The third-order valence-corrected chi connectivity index (χ3v) is 5.22. The van der Waals surface area contributed by atoms with Crippen LogP contribution in [0, 0.1) is 17.9 Å². The third-order valence-electron chi connectivity index (χ3n) is 5.22. The molecule has 1 N–H and O–H groups in total. The zero-order valence-electron chi connectivity index (χ0n) is 17.9. The monoisotopic (exact) mass is 463 g/mol. The van der Waals surface area contributed by atoms with Crippen LogP contribution in [0.1, 0.15) is 36.6 Å². The van der Waals surface area contributed by atoms with Gasteiger partial charge in [0.25, 0.3) is 5.95 Å². The van der Waals surface area contributed by atoms with Crippen LogP contribution in [0.2, 0.25) is 0 Å². The molecule has 0 saturated carbocycles. The van der Waals surface area contributed by atoms with Gasteiger partial charge < -0.3 is 0 Å². The molecule has 0 saturated heterocycles. The summed E-state index contributed by atoms with van der Waals surface area (Å²) in [4.78, 5) is 21.0. The molecule has 0 fully saturated rings. The molecule has 8 nitrogen and oxygen atoms in total. The second-order valence-electron chi connectivity index (χ2n) is 7.46. The quantitative estimate of drug-likeness (QED) is 0.551. The van der Waals surface area contributed by atoms with Gasteiger partial charge in [-0.1, -0.05) is 18.2 Å². The van der Waals surface area contributed by atoms with Gasteiger partial charge in [-0.25, -0.2) is 9.53 Å². The smallest absolute Gasteiger partial charge is 0.294 e. The summed E-state index contributed by atoms with van der Waals surface area (Å²) in [5, 5.41) is 15.9. The molecule has 1 atom stereocenters. The van der Waals surface area contributed by atoms with Crippen molar-refractivity contribution in [3.05, 3.63) is 88.0 Å². The van der Waals surface area contributed by atoms with Gasteiger partial charge in [-0.15, -0.1) is 5.10 Å². The lowest BCUT2D eigenvalue weighted by molar-refractivity contribution is -0.137. The van der Waals surface area contributed by atoms with E-state index in [4.69, 9.17) is 11.8 Å². The standard InChI is InChI=1S/C23H16F3N7O/c1-13-19(28-3)20(16-9-7-15(12-27)8-10-16)33-22(30-21(31-33)29-14(2)34)32(13)18-6-4-5-17(11-18)23(24,25)26/h4-11,20H,1-2H3,(H,29,31,34)/t20-/m1/s1. The lowest BCUT2D eigenvalue weighted by Gasteiger charge is -2.34. The van der Waals surface area contributed by atoms with Crippen LogP contribution in [0.25, 0.3) is 4.85 Å². The first kappa shape index (κ1) is 22.6. The molecule has 0 spiro atoms. The second kappa shape index (κ2) is 8.37. The molecular weight excluding hydrogens is 447 g/mol. The van der Waals surface area contributed by atoms with Crippen LogP contribution in [-0.2, 0) is 11.0 Å². The van der Waals surface area contributed by atoms with E-state index in [9.17, 15) is 18.0 Å². The van der Waals surface area contributed by atoms with Crippen LogP contribution in [0.5, 0.6) is 0 Å². The molecule has 170 valence electrons. The van der Waals surface area contributed by atoms with Gasteiger partial charge in [-0.3, -0.25) is 15.0 Å². The second-order valence-corrected chi connectivity index (χ2v) is 7.46. The van der Waals surface area contributed by atoms with Gasteiger partial charge in [0.1, 0.15) is 6.04 Å². The maximum Gasteiger partial charge on any atom is 0.416 e. The zero-order valence-corrected chi connectivity index (χ0v) is 17.9. The van der Waals surface area contributed by atoms with Crippen molar-refractivity contribution in [1.82, 2.24) is 14.8 Å². The number of nitriles is 1. The van der Waals surface area contributed by atoms with Crippen molar-refractivity contribution in [3.63, 3.8) is 0 Å². The Morgan fingerprint density at radius 1 is 1.24 bits per heavy atom. The molecule has 1 aliphatic heterocycles. The number of allylic oxidation sites excluding steroid dienone is 2. The number of hydrogen-bond acceptors (Lipinski definition) is 5. The highest BCUT2D eigenvalue weighted by Crippen LogP contribution is 2.44. The van der Waals surface area contributed by atoms with Gasteiger partial charge >= 0.3 is 6.18 Å². The number of nitrogens with one attached hydrogen (secondary N) is 1. The first-order valence-corrected chi connectivity index (χ1v) is 9.94. The molecule has 0 aliphatic carbocycles. The first-order chi connectivity index (χ1) is 16.1. The van der Waals surface area contributed by atoms with Gasteiger partial charge in [0.05, 0.1) is 23.8 Å². The zero-order chi connectivity index (χ0) is 24.6. The molecule has 0 bridgehead atoms. The van der Waals surface area contributed by atoms with Crippen molar-refractivity contribution in [3.8, 4) is 6.07 Å². The van der Waals surface area contributed by atoms with E-state index in [1.807, 2.05) is 6.07 Å². The largest absolute Gasteiger partial charge is 0.416 e. The van der Waals surface area contributed by atoms with Gasteiger partial charge in [0, 0.05) is 18.3 Å². The summed E-state index contributed by atoms with van der Waals surface area (Å²) >= 11 is 0. The molecule has 1 amide bonds. The SMILES string of the molecule is [C-]#[N+]C1=C(C)N(c2cccc(C(F)(F)F)c2)c2nc(NC(C)=O)nn2[C@@H]1c1ccc(C#N)cc1. The van der Waals surface area contributed by atoms with E-state index in [1.165, 1.54) is 28.6 Å². The Balaban J connectivity index is 1.95. The molecular formula is C23H16F3N7O. The number of fused-ring (bicyclic) bond motifs is 1. The fourth-order valence-corrected chi connectivity index (χ4v) is 3.74.